The summed E-state index contributed by atoms with van der Waals surface area (Å²) in [5.41, 5.74) is 2.94. The summed E-state index contributed by atoms with van der Waals surface area (Å²) in [6, 6.07) is 3.40. The van der Waals surface area contributed by atoms with Crippen LogP contribution < -0.4 is 0 Å². The smallest absolute Gasteiger partial charge is 0.159 e. The normalized spacial score (nSPS) is 30.7. The van der Waals surface area contributed by atoms with Gasteiger partial charge in [-0.2, -0.15) is 0 Å². The number of ketones is 2. The number of ether oxygens (including phenoxy) is 1. The molecular weight excluding hydrogens is 304 g/mol. The average Bonchev–Trinajstić information content (AvgIpc) is 2.83. The number of Topliss-reactive ketones (excluding diaryl/α,β-unsaturated/α-hetero) is 2. The van der Waals surface area contributed by atoms with Crippen LogP contribution in [0.25, 0.3) is 0 Å². The second-order valence-corrected chi connectivity index (χ2v) is 11.8. The molecule has 1 rings (SSSR count). The fourth-order valence-corrected chi connectivity index (χ4v) is 6.26. The molecule has 0 aromatic rings. The highest BCUT2D eigenvalue weighted by Crippen LogP contribution is 2.43. The van der Waals surface area contributed by atoms with Gasteiger partial charge in [0.25, 0.3) is 0 Å². The van der Waals surface area contributed by atoms with Gasteiger partial charge in [0.05, 0.1) is 5.92 Å². The zero-order valence-electron chi connectivity index (χ0n) is 15.8. The Kier molecular flexibility index (Phi) is 6.79. The van der Waals surface area contributed by atoms with E-state index in [0.29, 0.717) is 6.42 Å². The summed E-state index contributed by atoms with van der Waals surface area (Å²) in [6.45, 7) is 13.8. The topological polar surface area (TPSA) is 43.4 Å². The Morgan fingerprint density at radius 2 is 1.57 bits per heavy atom. The van der Waals surface area contributed by atoms with Crippen LogP contribution in [0.4, 0.5) is 0 Å². The molecule has 0 aromatic heterocycles. The average molecular weight is 337 g/mol. The lowest BCUT2D eigenvalue weighted by atomic mass is 9.77. The lowest BCUT2D eigenvalue weighted by Crippen LogP contribution is -2.36. The molecule has 1 saturated heterocycles. The molecule has 3 nitrogen and oxygen atoms in total. The first-order valence-corrected chi connectivity index (χ1v) is 11.6. The third-order valence-corrected chi connectivity index (χ3v) is 10.6. The van der Waals surface area contributed by atoms with Crippen molar-refractivity contribution in [3.8, 4) is 11.5 Å². The highest BCUT2D eigenvalue weighted by atomic mass is 28.3. The quantitative estimate of drug-likeness (QED) is 0.543. The SMILES string of the molecule is CC[C@@]1(C#C[Si](CC)(CC)CC)OC(C(C)=O)[C@H](C(C)=O)[C@@H]1C. The van der Waals surface area contributed by atoms with Crippen molar-refractivity contribution in [2.45, 2.75) is 84.7 Å². The van der Waals surface area contributed by atoms with Gasteiger partial charge in [0.2, 0.25) is 0 Å². The number of carbonyl (C=O) groups is 2. The van der Waals surface area contributed by atoms with Crippen LogP contribution in [-0.4, -0.2) is 31.3 Å². The molecule has 1 aliphatic rings. The van der Waals surface area contributed by atoms with Gasteiger partial charge >= 0.3 is 0 Å². The summed E-state index contributed by atoms with van der Waals surface area (Å²) >= 11 is 0. The van der Waals surface area contributed by atoms with Crippen molar-refractivity contribution in [2.24, 2.45) is 11.8 Å². The first-order valence-electron chi connectivity index (χ1n) is 8.95. The minimum atomic E-state index is -1.59. The Hall–Kier alpha value is -0.923. The number of rotatable bonds is 6. The maximum atomic E-state index is 12.1. The molecule has 0 bridgehead atoms. The standard InChI is InChI=1S/C19H32O3Si/c1-8-19(12-13-23(9-2,10-3)11-4)14(5)17(15(6)20)18(22-19)16(7)21/h14,17-18H,8-11H2,1-7H3/t14-,17-,18?,19-/m0/s1. The molecule has 23 heavy (non-hydrogen) atoms. The minimum absolute atomic E-state index is 0.0276. The number of hydrogen-bond donors (Lipinski definition) is 0. The van der Waals surface area contributed by atoms with Gasteiger partial charge in [-0.25, -0.2) is 0 Å². The van der Waals surface area contributed by atoms with E-state index in [4.69, 9.17) is 4.74 Å². The molecular formula is C19H32O3Si. The summed E-state index contributed by atoms with van der Waals surface area (Å²) < 4.78 is 6.15. The molecule has 1 fully saturated rings. The van der Waals surface area contributed by atoms with E-state index in [9.17, 15) is 9.59 Å². The van der Waals surface area contributed by atoms with Crippen molar-refractivity contribution in [3.63, 3.8) is 0 Å². The van der Waals surface area contributed by atoms with Gasteiger partial charge in [-0.3, -0.25) is 9.59 Å². The van der Waals surface area contributed by atoms with Crippen LogP contribution in [0.15, 0.2) is 0 Å². The molecule has 0 amide bonds. The zero-order chi connectivity index (χ0) is 17.8. The largest absolute Gasteiger partial charge is 0.350 e. The minimum Gasteiger partial charge on any atom is -0.350 e. The van der Waals surface area contributed by atoms with Gasteiger partial charge in [0.15, 0.2) is 5.78 Å². The second kappa shape index (κ2) is 7.77. The van der Waals surface area contributed by atoms with Crippen molar-refractivity contribution < 1.29 is 14.3 Å². The third-order valence-electron chi connectivity index (χ3n) is 5.90. The zero-order valence-corrected chi connectivity index (χ0v) is 16.8. The summed E-state index contributed by atoms with van der Waals surface area (Å²) in [6.07, 6.45) is 0.0637. The van der Waals surface area contributed by atoms with Crippen molar-refractivity contribution in [3.05, 3.63) is 0 Å². The van der Waals surface area contributed by atoms with Crippen LogP contribution in [0.5, 0.6) is 0 Å². The van der Waals surface area contributed by atoms with Crippen LogP contribution in [-0.2, 0) is 14.3 Å². The van der Waals surface area contributed by atoms with Gasteiger partial charge in [-0.1, -0.05) is 40.5 Å². The maximum Gasteiger partial charge on any atom is 0.159 e. The lowest BCUT2D eigenvalue weighted by molar-refractivity contribution is -0.136. The van der Waals surface area contributed by atoms with Crippen LogP contribution >= 0.6 is 0 Å². The third kappa shape index (κ3) is 3.77. The lowest BCUT2D eigenvalue weighted by Gasteiger charge is -2.28. The Labute approximate surface area is 142 Å². The molecule has 0 saturated carbocycles. The van der Waals surface area contributed by atoms with Gasteiger partial charge in [0, 0.05) is 5.92 Å². The Bertz CT molecular complexity index is 504. The summed E-state index contributed by atoms with van der Waals surface area (Å²) in [4.78, 5) is 24.0. The molecule has 0 N–H and O–H groups in total. The highest BCUT2D eigenvalue weighted by Gasteiger charge is 2.54. The van der Waals surface area contributed by atoms with Crippen LogP contribution in [0, 0.1) is 23.3 Å². The molecule has 0 spiro atoms. The van der Waals surface area contributed by atoms with Gasteiger partial charge < -0.3 is 4.74 Å². The van der Waals surface area contributed by atoms with E-state index in [1.807, 2.05) is 13.8 Å². The van der Waals surface area contributed by atoms with Crippen LogP contribution in [0.3, 0.4) is 0 Å². The Balaban J connectivity index is 3.30. The number of hydrogen-bond acceptors (Lipinski definition) is 3. The van der Waals surface area contributed by atoms with E-state index in [1.54, 1.807) is 6.92 Å². The van der Waals surface area contributed by atoms with Crippen molar-refractivity contribution in [1.82, 2.24) is 0 Å². The van der Waals surface area contributed by atoms with Crippen molar-refractivity contribution >= 4 is 19.6 Å². The molecule has 1 heterocycles. The molecule has 0 aliphatic carbocycles. The fourth-order valence-electron chi connectivity index (χ4n) is 3.75. The fraction of sp³-hybridized carbons (Fsp3) is 0.789. The Morgan fingerprint density at radius 1 is 1.04 bits per heavy atom. The van der Waals surface area contributed by atoms with Crippen molar-refractivity contribution in [2.75, 3.05) is 0 Å². The molecule has 4 heteroatoms. The van der Waals surface area contributed by atoms with Crippen molar-refractivity contribution in [1.29, 1.82) is 0 Å². The second-order valence-electron chi connectivity index (χ2n) is 6.91. The highest BCUT2D eigenvalue weighted by molar-refractivity contribution is 6.87. The Morgan fingerprint density at radius 3 is 1.87 bits per heavy atom. The maximum absolute atomic E-state index is 12.1. The van der Waals surface area contributed by atoms with Crippen LogP contribution in [0.2, 0.25) is 18.1 Å². The molecule has 130 valence electrons. The van der Waals surface area contributed by atoms with E-state index >= 15 is 0 Å². The molecule has 4 atom stereocenters. The van der Waals surface area contributed by atoms with Gasteiger partial charge in [0.1, 0.15) is 25.6 Å². The van der Waals surface area contributed by atoms with Crippen LogP contribution in [0.1, 0.15) is 54.9 Å². The molecule has 0 aromatic carbocycles. The van der Waals surface area contributed by atoms with E-state index in [-0.39, 0.29) is 23.4 Å². The number of carbonyl (C=O) groups excluding carboxylic acids is 2. The van der Waals surface area contributed by atoms with Gasteiger partial charge in [-0.15, -0.1) is 5.54 Å². The molecule has 1 unspecified atom stereocenters. The predicted molar refractivity (Wildman–Crippen MR) is 96.9 cm³/mol. The molecule has 1 aliphatic heterocycles. The van der Waals surface area contributed by atoms with E-state index in [1.165, 1.54) is 6.92 Å². The summed E-state index contributed by atoms with van der Waals surface area (Å²) in [7, 11) is -1.59. The van der Waals surface area contributed by atoms with Gasteiger partial charge in [-0.05, 0) is 38.4 Å². The summed E-state index contributed by atoms with van der Waals surface area (Å²) in [5.74, 6) is 2.98. The first-order chi connectivity index (χ1) is 10.7. The van der Waals surface area contributed by atoms with E-state index in [2.05, 4.69) is 32.2 Å². The monoisotopic (exact) mass is 336 g/mol. The first kappa shape index (κ1) is 20.1. The molecule has 0 radical (unpaired) electrons. The summed E-state index contributed by atoms with van der Waals surface area (Å²) in [5, 5.41) is 0. The predicted octanol–water partition coefficient (Wildman–Crippen LogP) is 4.02. The van der Waals surface area contributed by atoms with E-state index in [0.717, 1.165) is 18.1 Å². The van der Waals surface area contributed by atoms with E-state index < -0.39 is 19.8 Å².